The van der Waals surface area contributed by atoms with Gasteiger partial charge >= 0.3 is 0 Å². The number of nitrogens with two attached hydrogens (primary N) is 1. The van der Waals surface area contributed by atoms with E-state index in [9.17, 15) is 9.59 Å². The number of halogens is 1. The molecule has 1 heterocycles. The first-order valence-corrected chi connectivity index (χ1v) is 6.75. The second kappa shape index (κ2) is 8.38. The highest BCUT2D eigenvalue weighted by Gasteiger charge is 2.32. The predicted octanol–water partition coefficient (Wildman–Crippen LogP) is 0.912. The first-order chi connectivity index (χ1) is 8.50. The molecule has 1 unspecified atom stereocenters. The number of nitrogens with one attached hydrogen (secondary N) is 1. The summed E-state index contributed by atoms with van der Waals surface area (Å²) in [6, 6.07) is 0. The summed E-state index contributed by atoms with van der Waals surface area (Å²) in [5.41, 5.74) is 5.42. The molecule has 1 saturated heterocycles. The van der Waals surface area contributed by atoms with Crippen molar-refractivity contribution >= 4 is 24.2 Å². The monoisotopic (exact) mass is 291 g/mol. The van der Waals surface area contributed by atoms with Crippen molar-refractivity contribution in [2.24, 2.45) is 11.1 Å². The molecule has 0 aromatic carbocycles. The number of piperidine rings is 1. The zero-order valence-corrected chi connectivity index (χ0v) is 12.7. The van der Waals surface area contributed by atoms with Crippen LogP contribution in [0.1, 0.15) is 39.5 Å². The average molecular weight is 292 g/mol. The third-order valence-electron chi connectivity index (χ3n) is 3.61. The summed E-state index contributed by atoms with van der Waals surface area (Å²) in [4.78, 5) is 24.9. The van der Waals surface area contributed by atoms with Crippen LogP contribution in [0.25, 0.3) is 0 Å². The van der Waals surface area contributed by atoms with E-state index in [1.807, 2.05) is 4.90 Å². The molecule has 112 valence electrons. The Morgan fingerprint density at radius 2 is 2.11 bits per heavy atom. The highest BCUT2D eigenvalue weighted by atomic mass is 35.5. The lowest BCUT2D eigenvalue weighted by Gasteiger charge is -2.40. The third-order valence-corrected chi connectivity index (χ3v) is 3.61. The number of rotatable bonds is 5. The Kier molecular flexibility index (Phi) is 8.02. The fourth-order valence-corrected chi connectivity index (χ4v) is 2.69. The number of carbonyl (C=O) groups is 2. The van der Waals surface area contributed by atoms with E-state index in [1.54, 1.807) is 0 Å². The molecule has 5 nitrogen and oxygen atoms in total. The summed E-state index contributed by atoms with van der Waals surface area (Å²) in [6.45, 7) is 6.02. The minimum absolute atomic E-state index is 0. The Hall–Kier alpha value is -0.810. The lowest BCUT2D eigenvalue weighted by atomic mass is 9.78. The second-order valence-electron chi connectivity index (χ2n) is 5.46. The molecule has 0 spiro atoms. The first-order valence-electron chi connectivity index (χ1n) is 6.75. The van der Waals surface area contributed by atoms with Crippen molar-refractivity contribution in [2.75, 3.05) is 26.2 Å². The van der Waals surface area contributed by atoms with Crippen LogP contribution in [-0.4, -0.2) is 42.9 Å². The van der Waals surface area contributed by atoms with Crippen LogP contribution in [0.15, 0.2) is 0 Å². The van der Waals surface area contributed by atoms with Crippen molar-refractivity contribution in [3.63, 3.8) is 0 Å². The molecule has 6 heteroatoms. The molecule has 0 saturated carbocycles. The van der Waals surface area contributed by atoms with Gasteiger partial charge in [0.2, 0.25) is 11.8 Å². The standard InChI is InChI=1S/C13H25N3O2.ClH/c1-3-5-13(2)6-4-7-16(10-13)12(18)9-15-11(17)8-14;/h3-10,14H2,1-2H3,(H,15,17);1H. The minimum atomic E-state index is -0.281. The molecule has 0 radical (unpaired) electrons. The summed E-state index contributed by atoms with van der Waals surface area (Å²) < 4.78 is 0. The SMILES string of the molecule is CCCC1(C)CCCN(C(=O)CNC(=O)CN)C1.Cl. The zero-order chi connectivity index (χ0) is 13.6. The summed E-state index contributed by atoms with van der Waals surface area (Å²) in [6.07, 6.45) is 4.52. The van der Waals surface area contributed by atoms with Crippen LogP contribution in [0.2, 0.25) is 0 Å². The predicted molar refractivity (Wildman–Crippen MR) is 78.1 cm³/mol. The first kappa shape index (κ1) is 18.2. The molecule has 3 N–H and O–H groups in total. The summed E-state index contributed by atoms with van der Waals surface area (Å²) in [7, 11) is 0. The fraction of sp³-hybridized carbons (Fsp3) is 0.846. The van der Waals surface area contributed by atoms with Gasteiger partial charge < -0.3 is 16.0 Å². The molecule has 0 aromatic heterocycles. The van der Waals surface area contributed by atoms with Crippen LogP contribution in [-0.2, 0) is 9.59 Å². The summed E-state index contributed by atoms with van der Waals surface area (Å²) in [5.74, 6) is -0.282. The van der Waals surface area contributed by atoms with Crippen molar-refractivity contribution in [2.45, 2.75) is 39.5 Å². The van der Waals surface area contributed by atoms with Crippen molar-refractivity contribution in [3.05, 3.63) is 0 Å². The quantitative estimate of drug-likeness (QED) is 0.791. The van der Waals surface area contributed by atoms with E-state index < -0.39 is 0 Å². The Balaban J connectivity index is 0.00000324. The van der Waals surface area contributed by atoms with Crippen LogP contribution >= 0.6 is 12.4 Å². The van der Waals surface area contributed by atoms with Crippen LogP contribution in [0.3, 0.4) is 0 Å². The normalized spacial score (nSPS) is 22.6. The van der Waals surface area contributed by atoms with E-state index in [-0.39, 0.29) is 42.7 Å². The van der Waals surface area contributed by atoms with Crippen LogP contribution in [0.5, 0.6) is 0 Å². The smallest absolute Gasteiger partial charge is 0.241 e. The molecule has 19 heavy (non-hydrogen) atoms. The average Bonchev–Trinajstić information content (AvgIpc) is 2.35. The maximum atomic E-state index is 12.0. The largest absolute Gasteiger partial charge is 0.346 e. The topological polar surface area (TPSA) is 75.4 Å². The van der Waals surface area contributed by atoms with Crippen LogP contribution in [0, 0.1) is 5.41 Å². The zero-order valence-electron chi connectivity index (χ0n) is 11.9. The van der Waals surface area contributed by atoms with Gasteiger partial charge in [-0.2, -0.15) is 0 Å². The molecule has 1 fully saturated rings. The van der Waals surface area contributed by atoms with Gasteiger partial charge in [-0.15, -0.1) is 12.4 Å². The maximum absolute atomic E-state index is 12.0. The second-order valence-corrected chi connectivity index (χ2v) is 5.46. The van der Waals surface area contributed by atoms with Crippen molar-refractivity contribution in [1.29, 1.82) is 0 Å². The molecule has 1 atom stereocenters. The van der Waals surface area contributed by atoms with E-state index in [2.05, 4.69) is 19.2 Å². The number of nitrogens with zero attached hydrogens (tertiary/aromatic N) is 1. The molecule has 0 aliphatic carbocycles. The van der Waals surface area contributed by atoms with Crippen LogP contribution < -0.4 is 11.1 Å². The summed E-state index contributed by atoms with van der Waals surface area (Å²) >= 11 is 0. The lowest BCUT2D eigenvalue weighted by Crippen LogP contribution is -2.48. The Labute approximate surface area is 121 Å². The van der Waals surface area contributed by atoms with E-state index in [4.69, 9.17) is 5.73 Å². The van der Waals surface area contributed by atoms with Gasteiger partial charge in [-0.3, -0.25) is 9.59 Å². The summed E-state index contributed by atoms with van der Waals surface area (Å²) in [5, 5.41) is 2.53. The minimum Gasteiger partial charge on any atom is -0.346 e. The molecule has 1 aliphatic rings. The van der Waals surface area contributed by atoms with Crippen molar-refractivity contribution < 1.29 is 9.59 Å². The number of hydrogen-bond donors (Lipinski definition) is 2. The number of likely N-dealkylation sites (tertiary alicyclic amines) is 1. The molecule has 1 rings (SSSR count). The van der Waals surface area contributed by atoms with Crippen LogP contribution in [0.4, 0.5) is 0 Å². The number of hydrogen-bond acceptors (Lipinski definition) is 3. The Bertz CT molecular complexity index is 308. The van der Waals surface area contributed by atoms with Gasteiger partial charge in [0.1, 0.15) is 0 Å². The third kappa shape index (κ3) is 5.78. The molecule has 1 aliphatic heterocycles. The molecular weight excluding hydrogens is 266 g/mol. The maximum Gasteiger partial charge on any atom is 0.241 e. The van der Waals surface area contributed by atoms with E-state index in [1.165, 1.54) is 6.42 Å². The van der Waals surface area contributed by atoms with Gasteiger partial charge in [0.25, 0.3) is 0 Å². The lowest BCUT2D eigenvalue weighted by molar-refractivity contribution is -0.135. The van der Waals surface area contributed by atoms with Gasteiger partial charge in [-0.25, -0.2) is 0 Å². The molecule has 0 aromatic rings. The van der Waals surface area contributed by atoms with Gasteiger partial charge in [0.15, 0.2) is 0 Å². The fourth-order valence-electron chi connectivity index (χ4n) is 2.69. The van der Waals surface area contributed by atoms with Gasteiger partial charge in [0.05, 0.1) is 13.1 Å². The molecule has 2 amide bonds. The van der Waals surface area contributed by atoms with Gasteiger partial charge in [0, 0.05) is 13.1 Å². The number of amides is 2. The van der Waals surface area contributed by atoms with E-state index >= 15 is 0 Å². The van der Waals surface area contributed by atoms with E-state index in [0.717, 1.165) is 32.4 Å². The Morgan fingerprint density at radius 3 is 2.68 bits per heavy atom. The highest BCUT2D eigenvalue weighted by Crippen LogP contribution is 2.33. The van der Waals surface area contributed by atoms with E-state index in [0.29, 0.717) is 0 Å². The van der Waals surface area contributed by atoms with Crippen molar-refractivity contribution in [1.82, 2.24) is 10.2 Å². The molecule has 0 bridgehead atoms. The van der Waals surface area contributed by atoms with Gasteiger partial charge in [-0.1, -0.05) is 20.3 Å². The highest BCUT2D eigenvalue weighted by molar-refractivity contribution is 5.85. The Morgan fingerprint density at radius 1 is 1.42 bits per heavy atom. The van der Waals surface area contributed by atoms with Gasteiger partial charge in [-0.05, 0) is 24.7 Å². The van der Waals surface area contributed by atoms with Crippen molar-refractivity contribution in [3.8, 4) is 0 Å². The number of carbonyl (C=O) groups excluding carboxylic acids is 2. The molecular formula is C13H26ClN3O2.